The van der Waals surface area contributed by atoms with Gasteiger partial charge in [0.25, 0.3) is 0 Å². The quantitative estimate of drug-likeness (QED) is 0.699. The van der Waals surface area contributed by atoms with Crippen molar-refractivity contribution in [3.8, 4) is 17.4 Å². The first-order valence-electron chi connectivity index (χ1n) is 6.53. The molecular formula is C13H13N5O3S. The van der Waals surface area contributed by atoms with E-state index in [-0.39, 0.29) is 4.87 Å². The molecule has 0 bridgehead atoms. The predicted octanol–water partition coefficient (Wildman–Crippen LogP) is 1.31. The largest absolute Gasteiger partial charge is 0.480 e. The van der Waals surface area contributed by atoms with Crippen molar-refractivity contribution in [3.63, 3.8) is 0 Å². The van der Waals surface area contributed by atoms with Crippen molar-refractivity contribution >= 4 is 11.3 Å². The van der Waals surface area contributed by atoms with Gasteiger partial charge in [0.05, 0.1) is 7.11 Å². The van der Waals surface area contributed by atoms with Gasteiger partial charge in [-0.05, 0) is 13.0 Å². The van der Waals surface area contributed by atoms with E-state index in [1.807, 2.05) is 12.3 Å². The number of aromatic nitrogens is 5. The van der Waals surface area contributed by atoms with Crippen LogP contribution in [0.5, 0.6) is 5.88 Å². The summed E-state index contributed by atoms with van der Waals surface area (Å²) in [6, 6.07) is 3.38. The van der Waals surface area contributed by atoms with Crippen LogP contribution in [0.25, 0.3) is 11.5 Å². The minimum absolute atomic E-state index is 0.0123. The summed E-state index contributed by atoms with van der Waals surface area (Å²) >= 11 is 1.18. The van der Waals surface area contributed by atoms with Gasteiger partial charge in [-0.25, -0.2) is 0 Å². The molecule has 3 rings (SSSR count). The Balaban J connectivity index is 1.72. The lowest BCUT2D eigenvalue weighted by Gasteiger charge is -2.00. The normalized spacial score (nSPS) is 10.8. The Labute approximate surface area is 129 Å². The Morgan fingerprint density at radius 2 is 2.23 bits per heavy atom. The molecule has 3 aromatic heterocycles. The summed E-state index contributed by atoms with van der Waals surface area (Å²) in [5.74, 6) is 1.23. The van der Waals surface area contributed by atoms with Gasteiger partial charge in [-0.1, -0.05) is 16.5 Å². The van der Waals surface area contributed by atoms with Gasteiger partial charge in [0.1, 0.15) is 5.69 Å². The third-order valence-corrected chi connectivity index (χ3v) is 3.95. The molecule has 0 aliphatic heterocycles. The summed E-state index contributed by atoms with van der Waals surface area (Å²) in [4.78, 5) is 15.9. The van der Waals surface area contributed by atoms with E-state index >= 15 is 0 Å². The van der Waals surface area contributed by atoms with Crippen LogP contribution in [0.1, 0.15) is 11.6 Å². The van der Waals surface area contributed by atoms with Gasteiger partial charge in [0.15, 0.2) is 0 Å². The molecule has 0 saturated carbocycles. The van der Waals surface area contributed by atoms with Gasteiger partial charge >= 0.3 is 4.87 Å². The Morgan fingerprint density at radius 1 is 1.36 bits per heavy atom. The molecule has 8 nitrogen and oxygen atoms in total. The van der Waals surface area contributed by atoms with Crippen LogP contribution in [-0.4, -0.2) is 32.0 Å². The maximum Gasteiger partial charge on any atom is 0.307 e. The van der Waals surface area contributed by atoms with Crippen molar-refractivity contribution in [2.24, 2.45) is 0 Å². The van der Waals surface area contributed by atoms with Crippen molar-refractivity contribution in [3.05, 3.63) is 38.8 Å². The maximum atomic E-state index is 11.6. The molecule has 0 atom stereocenters. The van der Waals surface area contributed by atoms with Crippen molar-refractivity contribution in [1.82, 2.24) is 24.9 Å². The van der Waals surface area contributed by atoms with E-state index in [0.717, 1.165) is 5.69 Å². The Kier molecular flexibility index (Phi) is 3.96. The summed E-state index contributed by atoms with van der Waals surface area (Å²) in [5, 5.41) is 13.5. The van der Waals surface area contributed by atoms with Crippen LogP contribution >= 0.6 is 11.3 Å². The second-order valence-corrected chi connectivity index (χ2v) is 5.34. The van der Waals surface area contributed by atoms with Crippen LogP contribution in [0.3, 0.4) is 0 Å². The first-order valence-corrected chi connectivity index (χ1v) is 7.41. The number of hydrogen-bond acceptors (Lipinski definition) is 8. The highest BCUT2D eigenvalue weighted by molar-refractivity contribution is 7.07. The van der Waals surface area contributed by atoms with Gasteiger partial charge in [0, 0.05) is 30.1 Å². The van der Waals surface area contributed by atoms with Gasteiger partial charge in [-0.2, -0.15) is 4.98 Å². The first-order chi connectivity index (χ1) is 10.7. The van der Waals surface area contributed by atoms with Crippen LogP contribution in [0.4, 0.5) is 0 Å². The molecule has 0 amide bonds. The van der Waals surface area contributed by atoms with Crippen LogP contribution in [0.15, 0.2) is 26.8 Å². The van der Waals surface area contributed by atoms with Crippen molar-refractivity contribution in [2.75, 3.05) is 7.11 Å². The van der Waals surface area contributed by atoms with E-state index < -0.39 is 0 Å². The maximum absolute atomic E-state index is 11.6. The first kappa shape index (κ1) is 14.4. The molecule has 3 aromatic rings. The highest BCUT2D eigenvalue weighted by Crippen LogP contribution is 2.14. The number of thiazole rings is 1. The van der Waals surface area contributed by atoms with E-state index in [1.54, 1.807) is 16.7 Å². The topological polar surface area (TPSA) is 95.9 Å². The summed E-state index contributed by atoms with van der Waals surface area (Å²) < 4.78 is 11.8. The molecule has 0 spiro atoms. The molecule has 0 saturated heterocycles. The molecule has 22 heavy (non-hydrogen) atoms. The molecule has 0 aromatic carbocycles. The van der Waals surface area contributed by atoms with Crippen molar-refractivity contribution < 1.29 is 9.26 Å². The number of ether oxygens (including phenoxy) is 1. The number of methoxy groups -OCH3 is 1. The molecule has 0 aliphatic rings. The standard InChI is InChI=1S/C13H13N5O3S/c1-8-7-22-13(19)18(8)6-5-10-14-12(17-21-10)9-3-4-11(20-2)16-15-9/h3-4,7H,5-6H2,1-2H3. The van der Waals surface area contributed by atoms with Crippen LogP contribution in [0, 0.1) is 6.92 Å². The van der Waals surface area contributed by atoms with Crippen molar-refractivity contribution in [2.45, 2.75) is 19.9 Å². The minimum atomic E-state index is 0.0123. The fourth-order valence-electron chi connectivity index (χ4n) is 1.89. The van der Waals surface area contributed by atoms with E-state index in [4.69, 9.17) is 9.26 Å². The summed E-state index contributed by atoms with van der Waals surface area (Å²) in [6.45, 7) is 2.40. The van der Waals surface area contributed by atoms with Crippen molar-refractivity contribution in [1.29, 1.82) is 0 Å². The summed E-state index contributed by atoms with van der Waals surface area (Å²) in [6.07, 6.45) is 0.480. The molecule has 9 heteroatoms. The number of aryl methyl sites for hydroxylation is 2. The molecule has 0 unspecified atom stereocenters. The lowest BCUT2D eigenvalue weighted by molar-refractivity contribution is 0.371. The fraction of sp³-hybridized carbons (Fsp3) is 0.308. The highest BCUT2D eigenvalue weighted by atomic mass is 32.1. The lowest BCUT2D eigenvalue weighted by Crippen LogP contribution is -2.16. The average molecular weight is 319 g/mol. The summed E-state index contributed by atoms with van der Waals surface area (Å²) in [7, 11) is 1.52. The Bertz CT molecular complexity index is 821. The minimum Gasteiger partial charge on any atom is -0.480 e. The Hall–Kier alpha value is -2.55. The summed E-state index contributed by atoms with van der Waals surface area (Å²) in [5.41, 5.74) is 1.43. The number of nitrogens with zero attached hydrogens (tertiary/aromatic N) is 5. The van der Waals surface area contributed by atoms with Gasteiger partial charge in [0.2, 0.25) is 17.6 Å². The second kappa shape index (κ2) is 6.06. The zero-order valence-corrected chi connectivity index (χ0v) is 12.8. The average Bonchev–Trinajstić information content (AvgIpc) is 3.13. The molecule has 0 aliphatic carbocycles. The van der Waals surface area contributed by atoms with E-state index in [0.29, 0.717) is 36.3 Å². The zero-order chi connectivity index (χ0) is 15.5. The van der Waals surface area contributed by atoms with Crippen LogP contribution < -0.4 is 9.61 Å². The third kappa shape index (κ3) is 2.89. The number of hydrogen-bond donors (Lipinski definition) is 0. The monoisotopic (exact) mass is 319 g/mol. The third-order valence-electron chi connectivity index (χ3n) is 3.07. The van der Waals surface area contributed by atoms with E-state index in [1.165, 1.54) is 18.4 Å². The van der Waals surface area contributed by atoms with Gasteiger partial charge in [-0.3, -0.25) is 4.79 Å². The lowest BCUT2D eigenvalue weighted by atomic mass is 10.3. The van der Waals surface area contributed by atoms with Crippen LogP contribution in [-0.2, 0) is 13.0 Å². The fourth-order valence-corrected chi connectivity index (χ4v) is 2.65. The van der Waals surface area contributed by atoms with Gasteiger partial charge in [-0.15, -0.1) is 10.2 Å². The molecule has 0 radical (unpaired) electrons. The number of rotatable bonds is 5. The predicted molar refractivity (Wildman–Crippen MR) is 78.9 cm³/mol. The molecule has 0 N–H and O–H groups in total. The van der Waals surface area contributed by atoms with E-state index in [2.05, 4.69) is 20.3 Å². The van der Waals surface area contributed by atoms with Gasteiger partial charge < -0.3 is 13.8 Å². The van der Waals surface area contributed by atoms with Crippen LogP contribution in [0.2, 0.25) is 0 Å². The molecule has 0 fully saturated rings. The Morgan fingerprint density at radius 3 is 2.86 bits per heavy atom. The zero-order valence-electron chi connectivity index (χ0n) is 12.0. The highest BCUT2D eigenvalue weighted by Gasteiger charge is 2.12. The molecule has 114 valence electrons. The SMILES string of the molecule is COc1ccc(-c2noc(CCn3c(C)csc3=O)n2)nn1. The second-order valence-electron chi connectivity index (χ2n) is 4.52. The van der Waals surface area contributed by atoms with E-state index in [9.17, 15) is 4.79 Å². The molecular weight excluding hydrogens is 306 g/mol. The smallest absolute Gasteiger partial charge is 0.307 e. The molecule has 3 heterocycles.